The number of hydrogen-bond donors (Lipinski definition) is 0. The molecule has 31 heavy (non-hydrogen) atoms. The molecular formula is C23H26N2O5S. The van der Waals surface area contributed by atoms with E-state index < -0.39 is 10.0 Å². The summed E-state index contributed by atoms with van der Waals surface area (Å²) < 4.78 is 37.9. The zero-order valence-corrected chi connectivity index (χ0v) is 18.7. The summed E-state index contributed by atoms with van der Waals surface area (Å²) in [7, 11) is -1.93. The Morgan fingerprint density at radius 1 is 1.16 bits per heavy atom. The third kappa shape index (κ3) is 3.81. The Morgan fingerprint density at radius 3 is 2.65 bits per heavy atom. The highest BCUT2D eigenvalue weighted by atomic mass is 32.2. The third-order valence-electron chi connectivity index (χ3n) is 5.80. The molecule has 0 radical (unpaired) electrons. The van der Waals surface area contributed by atoms with Gasteiger partial charge in [-0.15, -0.1) is 0 Å². The standard InChI is InChI=1S/C23H26N2O5S/c1-4-24(5-2)31(27,28)19-7-9-21-16(12-19)10-11-25(21)23(26)13-17-15-30-22-14-18(29-3)6-8-20(17)22/h6-9,12,14-15H,4-5,10-11,13H2,1-3H3. The molecule has 2 aromatic carbocycles. The monoisotopic (exact) mass is 442 g/mol. The van der Waals surface area contributed by atoms with Crippen LogP contribution in [0.4, 0.5) is 5.69 Å². The van der Waals surface area contributed by atoms with Gasteiger partial charge in [-0.05, 0) is 42.3 Å². The van der Waals surface area contributed by atoms with Crippen molar-refractivity contribution in [3.63, 3.8) is 0 Å². The summed E-state index contributed by atoms with van der Waals surface area (Å²) in [5, 5.41) is 0.884. The van der Waals surface area contributed by atoms with Gasteiger partial charge < -0.3 is 14.1 Å². The predicted molar refractivity (Wildman–Crippen MR) is 119 cm³/mol. The molecule has 0 saturated carbocycles. The van der Waals surface area contributed by atoms with E-state index in [4.69, 9.17) is 9.15 Å². The van der Waals surface area contributed by atoms with E-state index in [0.29, 0.717) is 37.4 Å². The van der Waals surface area contributed by atoms with Crippen LogP contribution >= 0.6 is 0 Å². The van der Waals surface area contributed by atoms with Gasteiger partial charge >= 0.3 is 0 Å². The minimum atomic E-state index is -3.52. The Hall–Kier alpha value is -2.84. The molecule has 2 heterocycles. The first-order valence-electron chi connectivity index (χ1n) is 10.4. The molecule has 0 aliphatic carbocycles. The summed E-state index contributed by atoms with van der Waals surface area (Å²) in [6, 6.07) is 10.6. The fourth-order valence-electron chi connectivity index (χ4n) is 4.10. The van der Waals surface area contributed by atoms with Crippen LogP contribution in [0.3, 0.4) is 0 Å². The van der Waals surface area contributed by atoms with E-state index in [1.807, 2.05) is 26.0 Å². The molecule has 0 unspecified atom stereocenters. The second-order valence-corrected chi connectivity index (χ2v) is 9.41. The average molecular weight is 443 g/mol. The Balaban J connectivity index is 1.56. The van der Waals surface area contributed by atoms with Gasteiger partial charge in [0.05, 0.1) is 24.7 Å². The second-order valence-electron chi connectivity index (χ2n) is 7.48. The molecule has 0 N–H and O–H groups in total. The summed E-state index contributed by atoms with van der Waals surface area (Å²) in [6.45, 7) is 5.03. The van der Waals surface area contributed by atoms with Gasteiger partial charge in [0, 0.05) is 42.3 Å². The van der Waals surface area contributed by atoms with E-state index in [1.165, 1.54) is 4.31 Å². The van der Waals surface area contributed by atoms with Crippen LogP contribution in [-0.4, -0.2) is 45.4 Å². The lowest BCUT2D eigenvalue weighted by Crippen LogP contribution is -2.31. The van der Waals surface area contributed by atoms with Gasteiger partial charge in [-0.25, -0.2) is 8.42 Å². The summed E-state index contributed by atoms with van der Waals surface area (Å²) in [6.07, 6.45) is 2.45. The number of carbonyl (C=O) groups excluding carboxylic acids is 1. The summed E-state index contributed by atoms with van der Waals surface area (Å²) in [4.78, 5) is 15.1. The molecular weight excluding hydrogens is 416 g/mol. The van der Waals surface area contributed by atoms with Crippen molar-refractivity contribution in [3.8, 4) is 5.75 Å². The van der Waals surface area contributed by atoms with Crippen LogP contribution in [-0.2, 0) is 27.7 Å². The number of rotatable bonds is 7. The van der Waals surface area contributed by atoms with E-state index in [0.717, 1.165) is 22.2 Å². The van der Waals surface area contributed by atoms with Gasteiger partial charge in [0.25, 0.3) is 0 Å². The molecule has 0 fully saturated rings. The zero-order chi connectivity index (χ0) is 22.2. The summed E-state index contributed by atoms with van der Waals surface area (Å²) >= 11 is 0. The summed E-state index contributed by atoms with van der Waals surface area (Å²) in [5.41, 5.74) is 3.15. The number of furan rings is 1. The Morgan fingerprint density at radius 2 is 1.94 bits per heavy atom. The number of methoxy groups -OCH3 is 1. The Kier molecular flexibility index (Phi) is 5.77. The van der Waals surface area contributed by atoms with Crippen LogP contribution < -0.4 is 9.64 Å². The number of ether oxygens (including phenoxy) is 1. The lowest BCUT2D eigenvalue weighted by atomic mass is 10.1. The molecule has 1 aliphatic rings. The van der Waals surface area contributed by atoms with Crippen LogP contribution in [0.1, 0.15) is 25.0 Å². The van der Waals surface area contributed by atoms with Crippen LogP contribution in [0.5, 0.6) is 5.75 Å². The molecule has 1 amide bonds. The maximum absolute atomic E-state index is 13.1. The minimum absolute atomic E-state index is 0.0448. The van der Waals surface area contributed by atoms with Crippen molar-refractivity contribution < 1.29 is 22.4 Å². The van der Waals surface area contributed by atoms with Gasteiger partial charge in [-0.1, -0.05) is 13.8 Å². The highest BCUT2D eigenvalue weighted by molar-refractivity contribution is 7.89. The molecule has 4 rings (SSSR count). The highest BCUT2D eigenvalue weighted by Gasteiger charge is 2.29. The normalized spacial score (nSPS) is 13.7. The molecule has 0 saturated heterocycles. The van der Waals surface area contributed by atoms with E-state index in [-0.39, 0.29) is 17.2 Å². The number of anilines is 1. The number of fused-ring (bicyclic) bond motifs is 2. The van der Waals surface area contributed by atoms with Crippen molar-refractivity contribution in [2.45, 2.75) is 31.6 Å². The van der Waals surface area contributed by atoms with Crippen LogP contribution in [0.25, 0.3) is 11.0 Å². The first-order chi connectivity index (χ1) is 14.9. The topological polar surface area (TPSA) is 80.1 Å². The van der Waals surface area contributed by atoms with Gasteiger partial charge in [0.15, 0.2) is 0 Å². The largest absolute Gasteiger partial charge is 0.497 e. The summed E-state index contributed by atoms with van der Waals surface area (Å²) in [5.74, 6) is 0.653. The minimum Gasteiger partial charge on any atom is -0.497 e. The molecule has 3 aromatic rings. The highest BCUT2D eigenvalue weighted by Crippen LogP contribution is 2.32. The predicted octanol–water partition coefficient (Wildman–Crippen LogP) is 3.60. The molecule has 1 aliphatic heterocycles. The van der Waals surface area contributed by atoms with Gasteiger partial charge in [0.1, 0.15) is 11.3 Å². The number of nitrogens with zero attached hydrogens (tertiary/aromatic N) is 2. The van der Waals surface area contributed by atoms with Crippen LogP contribution in [0.15, 0.2) is 52.0 Å². The van der Waals surface area contributed by atoms with Gasteiger partial charge in [-0.3, -0.25) is 4.79 Å². The maximum Gasteiger partial charge on any atom is 0.243 e. The van der Waals surface area contributed by atoms with Crippen molar-refractivity contribution in [2.75, 3.05) is 31.6 Å². The number of carbonyl (C=O) groups is 1. The van der Waals surface area contributed by atoms with Gasteiger partial charge in [-0.2, -0.15) is 4.31 Å². The lowest BCUT2D eigenvalue weighted by Gasteiger charge is -2.20. The van der Waals surface area contributed by atoms with E-state index >= 15 is 0 Å². The van der Waals surface area contributed by atoms with Crippen LogP contribution in [0, 0.1) is 0 Å². The van der Waals surface area contributed by atoms with E-state index in [1.54, 1.807) is 42.5 Å². The smallest absolute Gasteiger partial charge is 0.243 e. The fourth-order valence-corrected chi connectivity index (χ4v) is 5.61. The third-order valence-corrected chi connectivity index (χ3v) is 7.84. The van der Waals surface area contributed by atoms with Crippen molar-refractivity contribution in [1.29, 1.82) is 0 Å². The van der Waals surface area contributed by atoms with Crippen molar-refractivity contribution in [3.05, 3.63) is 53.8 Å². The zero-order valence-electron chi connectivity index (χ0n) is 17.9. The fraction of sp³-hybridized carbons (Fsp3) is 0.348. The quantitative estimate of drug-likeness (QED) is 0.559. The van der Waals surface area contributed by atoms with Crippen molar-refractivity contribution >= 4 is 32.6 Å². The molecule has 7 nitrogen and oxygen atoms in total. The SMILES string of the molecule is CCN(CC)S(=O)(=O)c1ccc2c(c1)CCN2C(=O)Cc1coc2cc(OC)ccc12. The number of benzene rings is 2. The molecule has 1 aromatic heterocycles. The second kappa shape index (κ2) is 8.36. The average Bonchev–Trinajstić information content (AvgIpc) is 3.37. The van der Waals surface area contributed by atoms with Gasteiger partial charge in [0.2, 0.25) is 15.9 Å². The van der Waals surface area contributed by atoms with E-state index in [9.17, 15) is 13.2 Å². The van der Waals surface area contributed by atoms with Crippen molar-refractivity contribution in [2.24, 2.45) is 0 Å². The molecule has 0 spiro atoms. The maximum atomic E-state index is 13.1. The van der Waals surface area contributed by atoms with Crippen LogP contribution in [0.2, 0.25) is 0 Å². The number of sulfonamides is 1. The Bertz CT molecular complexity index is 1230. The molecule has 164 valence electrons. The first-order valence-corrected chi connectivity index (χ1v) is 11.8. The first kappa shape index (κ1) is 21.4. The van der Waals surface area contributed by atoms with E-state index in [2.05, 4.69) is 0 Å². The van der Waals surface area contributed by atoms with Crippen molar-refractivity contribution in [1.82, 2.24) is 4.31 Å². The molecule has 0 atom stereocenters. The molecule has 8 heteroatoms. The number of hydrogen-bond acceptors (Lipinski definition) is 5. The number of amides is 1. The Labute approximate surface area is 182 Å². The lowest BCUT2D eigenvalue weighted by molar-refractivity contribution is -0.117. The molecule has 0 bridgehead atoms.